The Hall–Kier alpha value is -2.30. The summed E-state index contributed by atoms with van der Waals surface area (Å²) in [6.07, 6.45) is 0. The molecule has 3 aromatic rings. The summed E-state index contributed by atoms with van der Waals surface area (Å²) in [7, 11) is -2.74. The van der Waals surface area contributed by atoms with Crippen molar-refractivity contribution in [2.45, 2.75) is 9.79 Å². The molecule has 2 unspecified atom stereocenters. The van der Waals surface area contributed by atoms with Crippen LogP contribution in [0.3, 0.4) is 0 Å². The molecule has 0 aromatic heterocycles. The molecular weight excluding hydrogens is 336 g/mol. The fourth-order valence-electron chi connectivity index (χ4n) is 2.80. The van der Waals surface area contributed by atoms with Crippen LogP contribution in [-0.4, -0.2) is 8.42 Å². The van der Waals surface area contributed by atoms with Gasteiger partial charge in [-0.05, 0) is 23.3 Å². The molecule has 0 fully saturated rings. The minimum absolute atomic E-state index is 0.634. The molecule has 1 aliphatic rings. The smallest absolute Gasteiger partial charge is 0.0880 e. The van der Waals surface area contributed by atoms with Gasteiger partial charge in [-0.15, -0.1) is 0 Å². The van der Waals surface area contributed by atoms with Crippen LogP contribution in [0.1, 0.15) is 11.1 Å². The van der Waals surface area contributed by atoms with E-state index in [4.69, 9.17) is 0 Å². The molecule has 0 radical (unpaired) electrons. The van der Waals surface area contributed by atoms with E-state index in [9.17, 15) is 8.42 Å². The molecule has 24 heavy (non-hydrogen) atoms. The molecule has 2 atom stereocenters. The van der Waals surface area contributed by atoms with Crippen molar-refractivity contribution in [2.75, 3.05) is 0 Å². The van der Waals surface area contributed by atoms with E-state index < -0.39 is 21.6 Å². The standard InChI is InChI=1S/C20H14O2S2/c21-23-17-13-7-8-14-18(17)24(22)20(16-11-5-2-6-12-16)19(23)15-9-3-1-4-10-15/h1-14H. The maximum atomic E-state index is 13.3. The second-order valence-corrected chi connectivity index (χ2v) is 8.15. The Morgan fingerprint density at radius 2 is 0.792 bits per heavy atom. The number of hydrogen-bond acceptors (Lipinski definition) is 2. The van der Waals surface area contributed by atoms with Gasteiger partial charge in [0.2, 0.25) is 0 Å². The molecular formula is C20H14O2S2. The van der Waals surface area contributed by atoms with Gasteiger partial charge in [-0.3, -0.25) is 0 Å². The molecule has 1 aliphatic heterocycles. The number of rotatable bonds is 2. The highest BCUT2D eigenvalue weighted by Crippen LogP contribution is 2.42. The molecule has 0 bridgehead atoms. The molecule has 4 rings (SSSR count). The first-order chi connectivity index (χ1) is 11.8. The molecule has 0 amide bonds. The topological polar surface area (TPSA) is 34.1 Å². The summed E-state index contributed by atoms with van der Waals surface area (Å²) < 4.78 is 26.5. The summed E-state index contributed by atoms with van der Waals surface area (Å²) >= 11 is 0. The summed E-state index contributed by atoms with van der Waals surface area (Å²) in [6, 6.07) is 26.4. The van der Waals surface area contributed by atoms with Crippen molar-refractivity contribution in [1.82, 2.24) is 0 Å². The molecule has 4 heteroatoms. The van der Waals surface area contributed by atoms with Crippen LogP contribution in [0.2, 0.25) is 0 Å². The summed E-state index contributed by atoms with van der Waals surface area (Å²) in [5, 5.41) is 0. The van der Waals surface area contributed by atoms with Crippen molar-refractivity contribution in [3.05, 3.63) is 96.1 Å². The fourth-order valence-corrected chi connectivity index (χ4v) is 6.33. The van der Waals surface area contributed by atoms with Gasteiger partial charge in [0.1, 0.15) is 0 Å². The minimum atomic E-state index is -1.37. The lowest BCUT2D eigenvalue weighted by Crippen LogP contribution is -2.12. The third kappa shape index (κ3) is 2.48. The summed E-state index contributed by atoms with van der Waals surface area (Å²) in [6.45, 7) is 0. The van der Waals surface area contributed by atoms with Gasteiger partial charge in [-0.2, -0.15) is 0 Å². The van der Waals surface area contributed by atoms with Gasteiger partial charge >= 0.3 is 0 Å². The SMILES string of the molecule is O=S1C(c2ccccc2)=C(c2ccccc2)S(=O)c2ccccc21. The lowest BCUT2D eigenvalue weighted by molar-refractivity contribution is 0.680. The third-order valence-electron chi connectivity index (χ3n) is 3.90. The van der Waals surface area contributed by atoms with Gasteiger partial charge in [0.15, 0.2) is 0 Å². The Balaban J connectivity index is 2.05. The molecule has 3 aromatic carbocycles. The highest BCUT2D eigenvalue weighted by atomic mass is 32.2. The Morgan fingerprint density at radius 1 is 0.458 bits per heavy atom. The molecule has 0 aliphatic carbocycles. The van der Waals surface area contributed by atoms with Crippen LogP contribution in [-0.2, 0) is 21.6 Å². The fraction of sp³-hybridized carbons (Fsp3) is 0. The Kier molecular flexibility index (Phi) is 4.00. The molecule has 1 heterocycles. The van der Waals surface area contributed by atoms with Gasteiger partial charge < -0.3 is 0 Å². The van der Waals surface area contributed by atoms with E-state index in [1.54, 1.807) is 12.1 Å². The van der Waals surface area contributed by atoms with Crippen molar-refractivity contribution in [3.8, 4) is 0 Å². The quantitative estimate of drug-likeness (QED) is 0.685. The molecule has 118 valence electrons. The van der Waals surface area contributed by atoms with Crippen molar-refractivity contribution >= 4 is 31.4 Å². The zero-order valence-electron chi connectivity index (χ0n) is 12.7. The first-order valence-corrected chi connectivity index (χ1v) is 9.85. The molecule has 0 saturated heterocycles. The van der Waals surface area contributed by atoms with Crippen LogP contribution in [0.25, 0.3) is 9.81 Å². The van der Waals surface area contributed by atoms with E-state index in [1.807, 2.05) is 72.8 Å². The van der Waals surface area contributed by atoms with E-state index in [1.165, 1.54) is 0 Å². The average Bonchev–Trinajstić information content (AvgIpc) is 2.66. The van der Waals surface area contributed by atoms with E-state index in [-0.39, 0.29) is 0 Å². The van der Waals surface area contributed by atoms with Gasteiger partial charge in [-0.1, -0.05) is 72.8 Å². The van der Waals surface area contributed by atoms with Gasteiger partial charge in [0.05, 0.1) is 41.2 Å². The van der Waals surface area contributed by atoms with Crippen molar-refractivity contribution in [2.24, 2.45) is 0 Å². The predicted octanol–water partition coefficient (Wildman–Crippen LogP) is 4.44. The van der Waals surface area contributed by atoms with Crippen LogP contribution < -0.4 is 0 Å². The van der Waals surface area contributed by atoms with Gasteiger partial charge in [0.25, 0.3) is 0 Å². The van der Waals surface area contributed by atoms with Crippen LogP contribution in [0.5, 0.6) is 0 Å². The molecule has 2 nitrogen and oxygen atoms in total. The average molecular weight is 350 g/mol. The highest BCUT2D eigenvalue weighted by Gasteiger charge is 2.31. The largest absolute Gasteiger partial charge is 0.249 e. The highest BCUT2D eigenvalue weighted by molar-refractivity contribution is 8.03. The van der Waals surface area contributed by atoms with Gasteiger partial charge in [-0.25, -0.2) is 8.42 Å². The maximum absolute atomic E-state index is 13.3. The summed E-state index contributed by atoms with van der Waals surface area (Å²) in [4.78, 5) is 2.54. The minimum Gasteiger partial charge on any atom is -0.249 e. The number of benzene rings is 3. The monoisotopic (exact) mass is 350 g/mol. The van der Waals surface area contributed by atoms with Crippen molar-refractivity contribution < 1.29 is 8.42 Å². The number of fused-ring (bicyclic) bond motifs is 1. The van der Waals surface area contributed by atoms with E-state index in [2.05, 4.69) is 0 Å². The summed E-state index contributed by atoms with van der Waals surface area (Å²) in [5.74, 6) is 0. The van der Waals surface area contributed by atoms with Crippen LogP contribution in [0.4, 0.5) is 0 Å². The van der Waals surface area contributed by atoms with E-state index >= 15 is 0 Å². The van der Waals surface area contributed by atoms with Crippen LogP contribution in [0, 0.1) is 0 Å². The van der Waals surface area contributed by atoms with Gasteiger partial charge in [0, 0.05) is 0 Å². The van der Waals surface area contributed by atoms with E-state index in [0.717, 1.165) is 11.1 Å². The lowest BCUT2D eigenvalue weighted by atomic mass is 10.1. The summed E-state index contributed by atoms with van der Waals surface area (Å²) in [5.41, 5.74) is 1.69. The number of hydrogen-bond donors (Lipinski definition) is 0. The third-order valence-corrected chi connectivity index (χ3v) is 7.29. The first-order valence-electron chi connectivity index (χ1n) is 7.55. The lowest BCUT2D eigenvalue weighted by Gasteiger charge is -2.22. The van der Waals surface area contributed by atoms with Crippen molar-refractivity contribution in [3.63, 3.8) is 0 Å². The Labute approximate surface area is 145 Å². The predicted molar refractivity (Wildman–Crippen MR) is 99.0 cm³/mol. The zero-order chi connectivity index (χ0) is 16.5. The first kappa shape index (κ1) is 15.2. The molecule has 0 N–H and O–H groups in total. The van der Waals surface area contributed by atoms with Crippen LogP contribution in [0.15, 0.2) is 94.7 Å². The molecule has 0 saturated carbocycles. The second-order valence-electron chi connectivity index (χ2n) is 5.37. The normalized spacial score (nSPS) is 19.8. The second kappa shape index (κ2) is 6.30. The van der Waals surface area contributed by atoms with Crippen LogP contribution >= 0.6 is 0 Å². The Bertz CT molecular complexity index is 896. The molecule has 0 spiro atoms. The zero-order valence-corrected chi connectivity index (χ0v) is 14.3. The Morgan fingerprint density at radius 3 is 1.17 bits per heavy atom. The van der Waals surface area contributed by atoms with Crippen molar-refractivity contribution in [1.29, 1.82) is 0 Å². The van der Waals surface area contributed by atoms with E-state index in [0.29, 0.717) is 19.6 Å². The maximum Gasteiger partial charge on any atom is 0.0880 e.